The van der Waals surface area contributed by atoms with Gasteiger partial charge in [-0.15, -0.1) is 11.3 Å². The van der Waals surface area contributed by atoms with Gasteiger partial charge in [-0.2, -0.15) is 0 Å². The summed E-state index contributed by atoms with van der Waals surface area (Å²) in [5.41, 5.74) is 1.11. The predicted octanol–water partition coefficient (Wildman–Crippen LogP) is 1.66. The van der Waals surface area contributed by atoms with Gasteiger partial charge in [0.05, 0.1) is 5.01 Å². The molecule has 1 aliphatic heterocycles. The molecular weight excluding hydrogens is 208 g/mol. The van der Waals surface area contributed by atoms with E-state index in [4.69, 9.17) is 0 Å². The van der Waals surface area contributed by atoms with Crippen molar-refractivity contribution in [3.8, 4) is 0 Å². The largest absolute Gasteiger partial charge is 0.302 e. The number of aromatic nitrogens is 1. The molecule has 1 aromatic rings. The zero-order chi connectivity index (χ0) is 10.7. The minimum absolute atomic E-state index is 0.413. The first kappa shape index (κ1) is 10.8. The highest BCUT2D eigenvalue weighted by atomic mass is 32.1. The first-order valence-corrected chi connectivity index (χ1v) is 6.27. The fraction of sp³-hybridized carbons (Fsp3) is 0.636. The summed E-state index contributed by atoms with van der Waals surface area (Å²) in [7, 11) is 0. The number of ketones is 1. The van der Waals surface area contributed by atoms with E-state index in [1.807, 2.05) is 6.92 Å². The van der Waals surface area contributed by atoms with Crippen LogP contribution in [0.4, 0.5) is 0 Å². The smallest absolute Gasteiger partial charge is 0.135 e. The van der Waals surface area contributed by atoms with E-state index in [-0.39, 0.29) is 0 Å². The summed E-state index contributed by atoms with van der Waals surface area (Å²) in [6.45, 7) is 4.94. The van der Waals surface area contributed by atoms with Crippen LogP contribution >= 0.6 is 11.3 Å². The van der Waals surface area contributed by atoms with Crippen molar-refractivity contribution < 1.29 is 4.79 Å². The summed E-state index contributed by atoms with van der Waals surface area (Å²) < 4.78 is 0. The molecule has 1 aliphatic rings. The van der Waals surface area contributed by atoms with Gasteiger partial charge in [0, 0.05) is 50.0 Å². The quantitative estimate of drug-likeness (QED) is 0.783. The van der Waals surface area contributed by atoms with Crippen LogP contribution in [0.2, 0.25) is 0 Å². The monoisotopic (exact) mass is 224 g/mol. The number of Topliss-reactive ketones (excluding diaryl/α,β-unsaturated/α-hetero) is 1. The third-order valence-corrected chi connectivity index (χ3v) is 3.75. The highest BCUT2D eigenvalue weighted by molar-refractivity contribution is 7.09. The second kappa shape index (κ2) is 4.86. The third-order valence-electron chi connectivity index (χ3n) is 2.72. The van der Waals surface area contributed by atoms with Gasteiger partial charge < -0.3 is 4.90 Å². The van der Waals surface area contributed by atoms with Gasteiger partial charge in [-0.3, -0.25) is 4.79 Å². The van der Waals surface area contributed by atoms with Gasteiger partial charge in [0.25, 0.3) is 0 Å². The van der Waals surface area contributed by atoms with Crippen LogP contribution in [0.3, 0.4) is 0 Å². The van der Waals surface area contributed by atoms with Gasteiger partial charge in [-0.1, -0.05) is 0 Å². The fourth-order valence-electron chi connectivity index (χ4n) is 1.80. The lowest BCUT2D eigenvalue weighted by molar-refractivity contribution is -0.121. The lowest BCUT2D eigenvalue weighted by atomic mass is 10.1. The van der Waals surface area contributed by atoms with Crippen molar-refractivity contribution in [2.75, 3.05) is 19.6 Å². The Labute approximate surface area is 94.1 Å². The molecule has 0 aliphatic carbocycles. The van der Waals surface area contributed by atoms with Crippen LogP contribution in [0.1, 0.15) is 23.5 Å². The first-order chi connectivity index (χ1) is 7.24. The maximum absolute atomic E-state index is 11.0. The molecule has 0 saturated carbocycles. The molecule has 1 saturated heterocycles. The van der Waals surface area contributed by atoms with Gasteiger partial charge in [0.15, 0.2) is 0 Å². The number of nitrogens with zero attached hydrogens (tertiary/aromatic N) is 2. The molecule has 0 radical (unpaired) electrons. The van der Waals surface area contributed by atoms with E-state index < -0.39 is 0 Å². The average molecular weight is 224 g/mol. The van der Waals surface area contributed by atoms with E-state index in [2.05, 4.69) is 15.3 Å². The average Bonchev–Trinajstić information content (AvgIpc) is 2.64. The Morgan fingerprint density at radius 3 is 2.80 bits per heavy atom. The molecule has 2 heterocycles. The number of piperidine rings is 1. The van der Waals surface area contributed by atoms with Crippen LogP contribution < -0.4 is 0 Å². The lowest BCUT2D eigenvalue weighted by Gasteiger charge is -2.25. The standard InChI is InChI=1S/C11H16N2OS/c1-9-8-15-11(12-9)4-7-13-5-2-10(14)3-6-13/h8H,2-7H2,1H3. The van der Waals surface area contributed by atoms with E-state index >= 15 is 0 Å². The first-order valence-electron chi connectivity index (χ1n) is 5.39. The maximum Gasteiger partial charge on any atom is 0.135 e. The normalized spacial score (nSPS) is 18.3. The van der Waals surface area contributed by atoms with Gasteiger partial charge in [0.2, 0.25) is 0 Å². The summed E-state index contributed by atoms with van der Waals surface area (Å²) in [6.07, 6.45) is 2.49. The van der Waals surface area contributed by atoms with Crippen molar-refractivity contribution in [1.82, 2.24) is 9.88 Å². The van der Waals surface area contributed by atoms with Crippen LogP contribution in [0, 0.1) is 6.92 Å². The summed E-state index contributed by atoms with van der Waals surface area (Å²) in [5.74, 6) is 0.413. The molecule has 3 nitrogen and oxygen atoms in total. The maximum atomic E-state index is 11.0. The van der Waals surface area contributed by atoms with Gasteiger partial charge >= 0.3 is 0 Å². The number of carbonyl (C=O) groups excluding carboxylic acids is 1. The number of thiazole rings is 1. The number of hydrogen-bond acceptors (Lipinski definition) is 4. The molecule has 0 amide bonds. The Morgan fingerprint density at radius 2 is 2.20 bits per heavy atom. The van der Waals surface area contributed by atoms with Crippen LogP contribution in [0.25, 0.3) is 0 Å². The molecule has 0 unspecified atom stereocenters. The molecule has 2 rings (SSSR count). The van der Waals surface area contributed by atoms with Crippen molar-refractivity contribution in [1.29, 1.82) is 0 Å². The Hall–Kier alpha value is -0.740. The molecule has 0 bridgehead atoms. The number of carbonyl (C=O) groups is 1. The minimum Gasteiger partial charge on any atom is -0.302 e. The molecule has 1 fully saturated rings. The molecule has 0 aromatic carbocycles. The summed E-state index contributed by atoms with van der Waals surface area (Å²) in [5, 5.41) is 3.30. The fourth-order valence-corrected chi connectivity index (χ4v) is 2.56. The number of hydrogen-bond donors (Lipinski definition) is 0. The van der Waals surface area contributed by atoms with Crippen LogP contribution in [0.5, 0.6) is 0 Å². The second-order valence-electron chi connectivity index (χ2n) is 4.01. The van der Waals surface area contributed by atoms with Crippen molar-refractivity contribution in [2.45, 2.75) is 26.2 Å². The van der Waals surface area contributed by atoms with Crippen molar-refractivity contribution in [2.24, 2.45) is 0 Å². The van der Waals surface area contributed by atoms with E-state index in [0.717, 1.165) is 44.6 Å². The number of aryl methyl sites for hydroxylation is 1. The Bertz CT molecular complexity index is 338. The molecule has 0 atom stereocenters. The Morgan fingerprint density at radius 1 is 1.47 bits per heavy atom. The topological polar surface area (TPSA) is 33.2 Å². The van der Waals surface area contributed by atoms with Crippen LogP contribution in [-0.2, 0) is 11.2 Å². The van der Waals surface area contributed by atoms with Crippen molar-refractivity contribution >= 4 is 17.1 Å². The van der Waals surface area contributed by atoms with Gasteiger partial charge in [-0.05, 0) is 6.92 Å². The zero-order valence-corrected chi connectivity index (χ0v) is 9.85. The van der Waals surface area contributed by atoms with E-state index in [0.29, 0.717) is 5.78 Å². The number of likely N-dealkylation sites (tertiary alicyclic amines) is 1. The highest BCUT2D eigenvalue weighted by Crippen LogP contribution is 2.11. The van der Waals surface area contributed by atoms with E-state index in [9.17, 15) is 4.79 Å². The van der Waals surface area contributed by atoms with Crippen molar-refractivity contribution in [3.05, 3.63) is 16.1 Å². The predicted molar refractivity (Wildman–Crippen MR) is 61.2 cm³/mol. The minimum atomic E-state index is 0.413. The lowest BCUT2D eigenvalue weighted by Crippen LogP contribution is -2.35. The second-order valence-corrected chi connectivity index (χ2v) is 4.96. The third kappa shape index (κ3) is 3.11. The Kier molecular flexibility index (Phi) is 3.49. The highest BCUT2D eigenvalue weighted by Gasteiger charge is 2.15. The van der Waals surface area contributed by atoms with Gasteiger partial charge in [-0.25, -0.2) is 4.98 Å². The molecule has 0 spiro atoms. The van der Waals surface area contributed by atoms with Crippen molar-refractivity contribution in [3.63, 3.8) is 0 Å². The van der Waals surface area contributed by atoms with Crippen LogP contribution in [-0.4, -0.2) is 35.3 Å². The number of rotatable bonds is 3. The van der Waals surface area contributed by atoms with Crippen LogP contribution in [0.15, 0.2) is 5.38 Å². The molecule has 1 aromatic heterocycles. The Balaban J connectivity index is 1.76. The SMILES string of the molecule is Cc1csc(CCN2CCC(=O)CC2)n1. The zero-order valence-electron chi connectivity index (χ0n) is 9.03. The van der Waals surface area contributed by atoms with E-state index in [1.54, 1.807) is 11.3 Å². The molecule has 15 heavy (non-hydrogen) atoms. The molecule has 4 heteroatoms. The summed E-state index contributed by atoms with van der Waals surface area (Å²) >= 11 is 1.73. The molecule has 0 N–H and O–H groups in total. The van der Waals surface area contributed by atoms with E-state index in [1.165, 1.54) is 5.01 Å². The summed E-state index contributed by atoms with van der Waals surface area (Å²) in [4.78, 5) is 17.8. The van der Waals surface area contributed by atoms with Gasteiger partial charge in [0.1, 0.15) is 5.78 Å². The summed E-state index contributed by atoms with van der Waals surface area (Å²) in [6, 6.07) is 0. The molecular formula is C11H16N2OS. The molecule has 82 valence electrons.